The second-order valence-corrected chi connectivity index (χ2v) is 11.0. The molecule has 0 aliphatic rings. The molecule has 0 aliphatic carbocycles. The largest absolute Gasteiger partial charge is 0.436 e. The molecular weight excluding hydrogens is 540 g/mol. The molecule has 0 aliphatic heterocycles. The predicted molar refractivity (Wildman–Crippen MR) is 182 cm³/mol. The second kappa shape index (κ2) is 9.21. The number of para-hydroxylation sites is 2. The second-order valence-electron chi connectivity index (χ2n) is 11.0. The van der Waals surface area contributed by atoms with Crippen LogP contribution in [0.25, 0.3) is 84.4 Å². The summed E-state index contributed by atoms with van der Waals surface area (Å²) in [5, 5.41) is 3.36. The number of hydrogen-bond acceptors (Lipinski definition) is 2. The molecule has 9 rings (SSSR count). The summed E-state index contributed by atoms with van der Waals surface area (Å²) in [4.78, 5) is 4.99. The van der Waals surface area contributed by atoms with E-state index in [1.807, 2.05) is 36.4 Å². The Balaban J connectivity index is 1.28. The van der Waals surface area contributed by atoms with Crippen LogP contribution in [0.2, 0.25) is 0 Å². The summed E-state index contributed by atoms with van der Waals surface area (Å²) in [6, 6.07) is 42.5. The van der Waals surface area contributed by atoms with Gasteiger partial charge in [0.1, 0.15) is 11.1 Å². The molecule has 0 atom stereocenters. The smallest absolute Gasteiger partial charge is 0.248 e. The molecule has 0 saturated heterocycles. The molecule has 0 radical (unpaired) electrons. The minimum Gasteiger partial charge on any atom is -0.436 e. The average Bonchev–Trinajstić information content (AvgIpc) is 3.80. The summed E-state index contributed by atoms with van der Waals surface area (Å²) >= 11 is 0. The van der Waals surface area contributed by atoms with Crippen LogP contribution in [0.5, 0.6) is 0 Å². The lowest BCUT2D eigenvalue weighted by molar-refractivity contribution is 0.656. The third-order valence-corrected chi connectivity index (χ3v) is 8.65. The van der Waals surface area contributed by atoms with E-state index in [4.69, 9.17) is 9.40 Å². The SMILES string of the molecule is C=Cc1c(C=C)n2c3c(nc2n1-c1ccc2c(c1)c1ccccc1n2-c1ccc(-c2ccccc2)cc1)oc1ccccc13. The Bertz CT molecular complexity index is 2570. The van der Waals surface area contributed by atoms with E-state index >= 15 is 0 Å². The van der Waals surface area contributed by atoms with Crippen LogP contribution < -0.4 is 0 Å². The van der Waals surface area contributed by atoms with Crippen LogP contribution in [-0.4, -0.2) is 18.5 Å². The molecule has 0 unspecified atom stereocenters. The quantitative estimate of drug-likeness (QED) is 0.208. The van der Waals surface area contributed by atoms with Crippen LogP contribution in [0.4, 0.5) is 0 Å². The van der Waals surface area contributed by atoms with Gasteiger partial charge < -0.3 is 8.98 Å². The maximum atomic E-state index is 6.17. The molecule has 4 heterocycles. The van der Waals surface area contributed by atoms with E-state index in [0.29, 0.717) is 5.71 Å². The highest BCUT2D eigenvalue weighted by Gasteiger charge is 2.24. The van der Waals surface area contributed by atoms with Crippen LogP contribution in [0, 0.1) is 0 Å². The lowest BCUT2D eigenvalue weighted by atomic mass is 10.1. The minimum atomic E-state index is 0.602. The Labute approximate surface area is 252 Å². The fraction of sp³-hybridized carbons (Fsp3) is 0. The standard InChI is InChI=1S/C39H26N4O/c1-3-32-33(4-2)43-37-30-15-9-11-17-36(30)44-38(37)40-39(43)42(32)28-22-23-35-31(24-28)29-14-8-10-16-34(29)41(35)27-20-18-26(19-21-27)25-12-6-5-7-13-25/h3-24H,1-2H2. The van der Waals surface area contributed by atoms with E-state index in [1.54, 1.807) is 0 Å². The summed E-state index contributed by atoms with van der Waals surface area (Å²) in [6.07, 6.45) is 3.74. The van der Waals surface area contributed by atoms with E-state index in [0.717, 1.165) is 61.4 Å². The molecule has 9 aromatic rings. The van der Waals surface area contributed by atoms with Gasteiger partial charge in [-0.1, -0.05) is 86.0 Å². The number of furan rings is 1. The maximum Gasteiger partial charge on any atom is 0.248 e. The first-order valence-corrected chi connectivity index (χ1v) is 14.6. The number of benzene rings is 5. The minimum absolute atomic E-state index is 0.602. The summed E-state index contributed by atoms with van der Waals surface area (Å²) in [5.74, 6) is 0.758. The van der Waals surface area contributed by atoms with Gasteiger partial charge in [-0.25, -0.2) is 0 Å². The zero-order chi connectivity index (χ0) is 29.4. The van der Waals surface area contributed by atoms with Crippen molar-refractivity contribution >= 4 is 61.9 Å². The molecule has 0 amide bonds. The van der Waals surface area contributed by atoms with E-state index < -0.39 is 0 Å². The fourth-order valence-electron chi connectivity index (χ4n) is 6.72. The number of rotatable bonds is 5. The van der Waals surface area contributed by atoms with Gasteiger partial charge in [0, 0.05) is 27.5 Å². The molecule has 0 fully saturated rings. The van der Waals surface area contributed by atoms with Gasteiger partial charge in [0.2, 0.25) is 11.5 Å². The number of aromatic nitrogens is 4. The van der Waals surface area contributed by atoms with Crippen molar-refractivity contribution in [1.82, 2.24) is 18.5 Å². The number of fused-ring (bicyclic) bond motifs is 8. The highest BCUT2D eigenvalue weighted by molar-refractivity contribution is 6.10. The molecule has 0 saturated carbocycles. The predicted octanol–water partition coefficient (Wildman–Crippen LogP) is 10.1. The summed E-state index contributed by atoms with van der Waals surface area (Å²) in [5.41, 5.74) is 11.0. The molecule has 4 aromatic heterocycles. The molecule has 0 N–H and O–H groups in total. The van der Waals surface area contributed by atoms with Gasteiger partial charge in [-0.05, 0) is 71.8 Å². The van der Waals surface area contributed by atoms with Crippen LogP contribution in [0.15, 0.2) is 139 Å². The zero-order valence-corrected chi connectivity index (χ0v) is 23.8. The summed E-state index contributed by atoms with van der Waals surface area (Å²) in [7, 11) is 0. The Kier molecular flexibility index (Phi) is 5.14. The molecule has 5 heteroatoms. The first-order valence-electron chi connectivity index (χ1n) is 14.6. The van der Waals surface area contributed by atoms with Crippen LogP contribution in [-0.2, 0) is 0 Å². The molecular formula is C39H26N4O. The molecule has 0 spiro atoms. The van der Waals surface area contributed by atoms with Gasteiger partial charge >= 0.3 is 0 Å². The molecule has 208 valence electrons. The lowest BCUT2D eigenvalue weighted by Crippen LogP contribution is -1.98. The Morgan fingerprint density at radius 3 is 2.02 bits per heavy atom. The monoisotopic (exact) mass is 566 g/mol. The first kappa shape index (κ1) is 24.5. The van der Waals surface area contributed by atoms with Gasteiger partial charge in [0.15, 0.2) is 0 Å². The average molecular weight is 567 g/mol. The van der Waals surface area contributed by atoms with Crippen LogP contribution >= 0.6 is 0 Å². The van der Waals surface area contributed by atoms with E-state index in [-0.39, 0.29) is 0 Å². The van der Waals surface area contributed by atoms with Crippen molar-refractivity contribution in [1.29, 1.82) is 0 Å². The third-order valence-electron chi connectivity index (χ3n) is 8.65. The van der Waals surface area contributed by atoms with Gasteiger partial charge in [-0.2, -0.15) is 4.98 Å². The number of imidazole rings is 2. The Hall–Kier alpha value is -6.07. The van der Waals surface area contributed by atoms with Crippen LogP contribution in [0.1, 0.15) is 11.4 Å². The van der Waals surface area contributed by atoms with Crippen LogP contribution in [0.3, 0.4) is 0 Å². The Morgan fingerprint density at radius 1 is 0.568 bits per heavy atom. The normalized spacial score (nSPS) is 11.8. The van der Waals surface area contributed by atoms with Gasteiger partial charge in [-0.15, -0.1) is 0 Å². The molecule has 5 aromatic carbocycles. The van der Waals surface area contributed by atoms with Crippen molar-refractivity contribution in [2.75, 3.05) is 0 Å². The van der Waals surface area contributed by atoms with Crippen molar-refractivity contribution in [3.05, 3.63) is 146 Å². The molecule has 44 heavy (non-hydrogen) atoms. The third kappa shape index (κ3) is 3.32. The van der Waals surface area contributed by atoms with Gasteiger partial charge in [0.25, 0.3) is 0 Å². The van der Waals surface area contributed by atoms with Crippen molar-refractivity contribution < 1.29 is 4.42 Å². The maximum absolute atomic E-state index is 6.17. The van der Waals surface area contributed by atoms with Gasteiger partial charge in [0.05, 0.1) is 22.4 Å². The van der Waals surface area contributed by atoms with E-state index in [1.165, 1.54) is 16.5 Å². The number of hydrogen-bond donors (Lipinski definition) is 0. The Morgan fingerprint density at radius 2 is 1.23 bits per heavy atom. The van der Waals surface area contributed by atoms with Gasteiger partial charge in [-0.3, -0.25) is 8.97 Å². The van der Waals surface area contributed by atoms with E-state index in [2.05, 4.69) is 124 Å². The molecule has 0 bridgehead atoms. The number of nitrogens with zero attached hydrogens (tertiary/aromatic N) is 4. The highest BCUT2D eigenvalue weighted by Crippen LogP contribution is 2.37. The van der Waals surface area contributed by atoms with Crippen molar-refractivity contribution in [2.24, 2.45) is 0 Å². The van der Waals surface area contributed by atoms with Crippen molar-refractivity contribution in [3.8, 4) is 22.5 Å². The highest BCUT2D eigenvalue weighted by atomic mass is 16.3. The van der Waals surface area contributed by atoms with Crippen molar-refractivity contribution in [3.63, 3.8) is 0 Å². The van der Waals surface area contributed by atoms with E-state index in [9.17, 15) is 0 Å². The fourth-order valence-corrected chi connectivity index (χ4v) is 6.72. The lowest BCUT2D eigenvalue weighted by Gasteiger charge is -2.11. The summed E-state index contributed by atoms with van der Waals surface area (Å²) < 4.78 is 12.8. The van der Waals surface area contributed by atoms with Crippen molar-refractivity contribution in [2.45, 2.75) is 0 Å². The molecule has 5 nitrogen and oxygen atoms in total. The topological polar surface area (TPSA) is 40.3 Å². The zero-order valence-electron chi connectivity index (χ0n) is 23.8. The summed E-state index contributed by atoms with van der Waals surface area (Å²) in [6.45, 7) is 8.34. The first-order chi connectivity index (χ1) is 21.7.